The van der Waals surface area contributed by atoms with E-state index < -0.39 is 24.8 Å². The number of aromatic nitrogens is 5. The largest absolute Gasteiger partial charge is 0.378 e. The number of H-pyrrole nitrogens is 1. The average Bonchev–Trinajstić information content (AvgIpc) is 3.14. The van der Waals surface area contributed by atoms with Crippen LogP contribution in [0, 0.1) is 11.3 Å². The topological polar surface area (TPSA) is 155 Å². The maximum absolute atomic E-state index is 15.0. The highest BCUT2D eigenvalue weighted by Gasteiger charge is 2.44. The van der Waals surface area contributed by atoms with Crippen molar-refractivity contribution in [1.82, 2.24) is 29.9 Å². The van der Waals surface area contributed by atoms with Crippen LogP contribution in [0.25, 0.3) is 5.65 Å². The molecule has 0 spiro atoms. The molecular formula is C21H25FN8O4. The number of hydrogen-bond acceptors (Lipinski definition) is 10. The second-order valence-corrected chi connectivity index (χ2v) is 8.73. The lowest BCUT2D eigenvalue weighted by atomic mass is 10.1. The number of nitriles is 1. The van der Waals surface area contributed by atoms with Crippen LogP contribution >= 0.6 is 0 Å². The molecule has 3 aromatic heterocycles. The summed E-state index contributed by atoms with van der Waals surface area (Å²) in [5.74, 6) is 0.666. The maximum atomic E-state index is 15.0. The molecule has 4 atom stereocenters. The molecule has 3 aromatic rings. The molecule has 5 rings (SSSR count). The van der Waals surface area contributed by atoms with Crippen molar-refractivity contribution in [3.05, 3.63) is 35.4 Å². The highest BCUT2D eigenvalue weighted by molar-refractivity contribution is 5.56. The van der Waals surface area contributed by atoms with Crippen molar-refractivity contribution >= 4 is 17.4 Å². The Hall–Kier alpha value is -3.15. The fourth-order valence-corrected chi connectivity index (χ4v) is 3.85. The van der Waals surface area contributed by atoms with Crippen molar-refractivity contribution in [2.45, 2.75) is 56.7 Å². The number of anilines is 2. The molecule has 2 fully saturated rings. The first-order valence-electron chi connectivity index (χ1n) is 10.8. The molecule has 2 aliphatic rings. The van der Waals surface area contributed by atoms with Crippen molar-refractivity contribution < 1.29 is 23.7 Å². The number of ether oxygens (including phenoxy) is 3. The fourth-order valence-electron chi connectivity index (χ4n) is 3.85. The number of fused-ring (bicyclic) bond motifs is 1. The molecule has 4 heterocycles. The molecule has 1 unspecified atom stereocenters. The predicted molar refractivity (Wildman–Crippen MR) is 116 cm³/mol. The second kappa shape index (κ2) is 8.90. The second-order valence-electron chi connectivity index (χ2n) is 8.73. The van der Waals surface area contributed by atoms with Gasteiger partial charge in [-0.15, -0.1) is 0 Å². The first-order valence-corrected chi connectivity index (χ1v) is 10.8. The van der Waals surface area contributed by atoms with Crippen LogP contribution in [0.5, 0.6) is 0 Å². The maximum Gasteiger partial charge on any atom is 0.215 e. The minimum Gasteiger partial charge on any atom is -0.378 e. The summed E-state index contributed by atoms with van der Waals surface area (Å²) in [4.78, 5) is 8.70. The smallest absolute Gasteiger partial charge is 0.215 e. The summed E-state index contributed by atoms with van der Waals surface area (Å²) < 4.78 is 32.8. The Morgan fingerprint density at radius 2 is 2.26 bits per heavy atom. The van der Waals surface area contributed by atoms with Gasteiger partial charge >= 0.3 is 0 Å². The zero-order valence-corrected chi connectivity index (χ0v) is 18.7. The van der Waals surface area contributed by atoms with Gasteiger partial charge in [0.25, 0.3) is 0 Å². The lowest BCUT2D eigenvalue weighted by Gasteiger charge is -2.22. The molecule has 1 saturated heterocycles. The van der Waals surface area contributed by atoms with E-state index in [2.05, 4.69) is 30.8 Å². The van der Waals surface area contributed by atoms with E-state index in [0.717, 1.165) is 12.8 Å². The van der Waals surface area contributed by atoms with Crippen LogP contribution in [0.4, 0.5) is 16.2 Å². The Balaban J connectivity index is 1.29. The number of imidazole rings is 1. The van der Waals surface area contributed by atoms with E-state index in [4.69, 9.17) is 14.2 Å². The van der Waals surface area contributed by atoms with E-state index in [0.29, 0.717) is 35.4 Å². The number of halogens is 1. The van der Waals surface area contributed by atoms with Crippen molar-refractivity contribution in [2.24, 2.45) is 0 Å². The molecule has 180 valence electrons. The predicted octanol–water partition coefficient (Wildman–Crippen LogP) is 1.43. The van der Waals surface area contributed by atoms with Crippen LogP contribution in [0.3, 0.4) is 0 Å². The average molecular weight is 472 g/mol. The molecule has 13 heteroatoms. The molecule has 4 N–H and O–H groups in total. The number of rotatable bonds is 9. The quantitative estimate of drug-likeness (QED) is 0.336. The van der Waals surface area contributed by atoms with E-state index in [1.54, 1.807) is 29.8 Å². The number of methoxy groups -OCH3 is 1. The van der Waals surface area contributed by atoms with Gasteiger partial charge in [0.05, 0.1) is 24.6 Å². The third-order valence-electron chi connectivity index (χ3n) is 5.91. The summed E-state index contributed by atoms with van der Waals surface area (Å²) in [7, 11) is 1.57. The Kier molecular flexibility index (Phi) is 5.92. The third kappa shape index (κ3) is 4.59. The van der Waals surface area contributed by atoms with Gasteiger partial charge in [-0.1, -0.05) is 0 Å². The molecule has 1 aliphatic carbocycles. The summed E-state index contributed by atoms with van der Waals surface area (Å²) in [6.07, 6.45) is -1.02. The molecule has 0 radical (unpaired) electrons. The molecular weight excluding hydrogens is 447 g/mol. The zero-order chi connectivity index (χ0) is 23.9. The number of aliphatic hydroxyl groups is 1. The van der Waals surface area contributed by atoms with E-state index in [9.17, 15) is 10.4 Å². The standard InChI is InChI=1S/C21H25FN8O4/c1-21(3-4-21)27-20(31)34-14-10-33-18(17(14)22)13-6-15(29-28-13)26-19-25-11(7-23)5-16-24-12(9-32-2)8-30(16)19/h5-6,8,14,17-18,20,27,31H,3-4,9-10H2,1-2H3,(H2,25,26,28,29)/t14-,17-,18-,20?/m0/s1. The SMILES string of the molecule is COCc1cn2c(Nc3cc([C@@H]4OC[C@H](OC(O)NC5(C)CC5)[C@@H]4F)[nH]n3)nc(C#N)cc2n1. The van der Waals surface area contributed by atoms with Crippen LogP contribution in [0.2, 0.25) is 0 Å². The van der Waals surface area contributed by atoms with Gasteiger partial charge in [0.1, 0.15) is 29.6 Å². The van der Waals surface area contributed by atoms with E-state index in [1.165, 1.54) is 0 Å². The lowest BCUT2D eigenvalue weighted by Crippen LogP contribution is -2.43. The monoisotopic (exact) mass is 472 g/mol. The highest BCUT2D eigenvalue weighted by Crippen LogP contribution is 2.36. The van der Waals surface area contributed by atoms with E-state index in [1.807, 2.05) is 13.0 Å². The zero-order valence-electron chi connectivity index (χ0n) is 18.7. The first-order chi connectivity index (χ1) is 16.4. The number of nitrogens with zero attached hydrogens (tertiary/aromatic N) is 5. The van der Waals surface area contributed by atoms with Crippen molar-refractivity contribution in [2.75, 3.05) is 19.0 Å². The van der Waals surface area contributed by atoms with Crippen molar-refractivity contribution in [1.29, 1.82) is 5.26 Å². The van der Waals surface area contributed by atoms with E-state index >= 15 is 4.39 Å². The molecule has 12 nitrogen and oxygen atoms in total. The minimum atomic E-state index is -1.51. The van der Waals surface area contributed by atoms with Crippen LogP contribution in [0.15, 0.2) is 18.3 Å². The Bertz CT molecular complexity index is 1220. The van der Waals surface area contributed by atoms with E-state index in [-0.39, 0.29) is 17.8 Å². The number of aromatic amines is 1. The first kappa shape index (κ1) is 22.6. The van der Waals surface area contributed by atoms with Crippen LogP contribution in [-0.4, -0.2) is 67.6 Å². The molecule has 34 heavy (non-hydrogen) atoms. The van der Waals surface area contributed by atoms with Gasteiger partial charge in [-0.2, -0.15) is 10.4 Å². The van der Waals surface area contributed by atoms with Gasteiger partial charge < -0.3 is 24.6 Å². The molecule has 0 bridgehead atoms. The summed E-state index contributed by atoms with van der Waals surface area (Å²) in [5, 5.41) is 32.3. The molecule has 1 aliphatic heterocycles. The highest BCUT2D eigenvalue weighted by atomic mass is 19.1. The Labute approximate surface area is 194 Å². The minimum absolute atomic E-state index is 0.00717. The van der Waals surface area contributed by atoms with Gasteiger partial charge in [-0.05, 0) is 19.8 Å². The molecule has 0 amide bonds. The van der Waals surface area contributed by atoms with Gasteiger partial charge in [0, 0.05) is 31.0 Å². The van der Waals surface area contributed by atoms with Crippen LogP contribution in [0.1, 0.15) is 43.0 Å². The molecule has 1 saturated carbocycles. The summed E-state index contributed by atoms with van der Waals surface area (Å²) >= 11 is 0. The fraction of sp³-hybridized carbons (Fsp3) is 0.524. The number of aliphatic hydroxyl groups excluding tert-OH is 1. The normalized spacial score (nSPS) is 24.3. The van der Waals surface area contributed by atoms with Crippen LogP contribution in [-0.2, 0) is 20.8 Å². The van der Waals surface area contributed by atoms with Gasteiger partial charge in [0.2, 0.25) is 12.4 Å². The summed E-state index contributed by atoms with van der Waals surface area (Å²) in [6, 6.07) is 5.17. The van der Waals surface area contributed by atoms with Crippen molar-refractivity contribution in [3.8, 4) is 6.07 Å². The van der Waals surface area contributed by atoms with Gasteiger partial charge in [-0.25, -0.2) is 14.4 Å². The Morgan fingerprint density at radius 3 is 3.00 bits per heavy atom. The Morgan fingerprint density at radius 1 is 1.44 bits per heavy atom. The number of hydrogen-bond donors (Lipinski definition) is 4. The van der Waals surface area contributed by atoms with Crippen LogP contribution < -0.4 is 10.6 Å². The van der Waals surface area contributed by atoms with Crippen molar-refractivity contribution in [3.63, 3.8) is 0 Å². The number of nitrogens with one attached hydrogen (secondary N) is 3. The van der Waals surface area contributed by atoms with Gasteiger partial charge in [0.15, 0.2) is 12.0 Å². The third-order valence-corrected chi connectivity index (χ3v) is 5.91. The lowest BCUT2D eigenvalue weighted by molar-refractivity contribution is -0.168. The number of alkyl halides is 1. The molecule has 0 aromatic carbocycles. The summed E-state index contributed by atoms with van der Waals surface area (Å²) in [5.41, 5.74) is 1.61. The summed E-state index contributed by atoms with van der Waals surface area (Å²) in [6.45, 7) is 2.27. The van der Waals surface area contributed by atoms with Gasteiger partial charge in [-0.3, -0.25) is 14.8 Å².